The number of hydrogen-bond acceptors (Lipinski definition) is 1. The smallest absolute Gasteiger partial charge is 0.145 e. The van der Waals surface area contributed by atoms with Crippen molar-refractivity contribution in [3.63, 3.8) is 0 Å². The van der Waals surface area contributed by atoms with Crippen molar-refractivity contribution in [1.29, 1.82) is 0 Å². The summed E-state index contributed by atoms with van der Waals surface area (Å²) in [7, 11) is 0. The van der Waals surface area contributed by atoms with E-state index in [-0.39, 0.29) is 0 Å². The molecule has 0 heterocycles. The van der Waals surface area contributed by atoms with Crippen molar-refractivity contribution in [3.05, 3.63) is 23.3 Å². The zero-order valence-electron chi connectivity index (χ0n) is 8.42. The van der Waals surface area contributed by atoms with Gasteiger partial charge in [-0.25, -0.2) is 0 Å². The monoisotopic (exact) mass is 166 g/mol. The normalized spacial score (nSPS) is 16.0. The maximum atomic E-state index is 10.4. The standard InChI is InChI=1S/C11H18O/c1-5-6-7-9(2)11(4)10(3)8-12/h5-6,8-9H,7H2,1-4H3/b6-5+,11-10+. The first-order chi connectivity index (χ1) is 5.63. The fourth-order valence-electron chi connectivity index (χ4n) is 0.999. The van der Waals surface area contributed by atoms with Gasteiger partial charge in [-0.3, -0.25) is 4.79 Å². The summed E-state index contributed by atoms with van der Waals surface area (Å²) in [5.41, 5.74) is 2.06. The Morgan fingerprint density at radius 3 is 2.42 bits per heavy atom. The molecule has 0 spiro atoms. The second kappa shape index (κ2) is 5.76. The van der Waals surface area contributed by atoms with E-state index in [0.29, 0.717) is 5.92 Å². The van der Waals surface area contributed by atoms with E-state index in [1.54, 1.807) is 0 Å². The topological polar surface area (TPSA) is 17.1 Å². The van der Waals surface area contributed by atoms with Gasteiger partial charge in [0.05, 0.1) is 0 Å². The molecule has 0 amide bonds. The third-order valence-corrected chi connectivity index (χ3v) is 2.26. The average molecular weight is 166 g/mol. The van der Waals surface area contributed by atoms with Crippen LogP contribution < -0.4 is 0 Å². The molecule has 0 saturated heterocycles. The van der Waals surface area contributed by atoms with Crippen LogP contribution in [0.1, 0.15) is 34.1 Å². The quantitative estimate of drug-likeness (QED) is 0.356. The molecule has 1 nitrogen and oxygen atoms in total. The van der Waals surface area contributed by atoms with E-state index in [4.69, 9.17) is 0 Å². The van der Waals surface area contributed by atoms with Crippen LogP contribution in [0.25, 0.3) is 0 Å². The van der Waals surface area contributed by atoms with Crippen molar-refractivity contribution in [3.8, 4) is 0 Å². The summed E-state index contributed by atoms with van der Waals surface area (Å²) in [4.78, 5) is 10.4. The summed E-state index contributed by atoms with van der Waals surface area (Å²) in [5.74, 6) is 0.478. The van der Waals surface area contributed by atoms with E-state index in [2.05, 4.69) is 13.0 Å². The number of aldehydes is 1. The van der Waals surface area contributed by atoms with Crippen LogP contribution in [0.4, 0.5) is 0 Å². The lowest BCUT2D eigenvalue weighted by Gasteiger charge is -2.10. The van der Waals surface area contributed by atoms with Gasteiger partial charge in [0.25, 0.3) is 0 Å². The highest BCUT2D eigenvalue weighted by Crippen LogP contribution is 2.17. The number of hydrogen-bond donors (Lipinski definition) is 0. The predicted molar refractivity (Wildman–Crippen MR) is 53.0 cm³/mol. The average Bonchev–Trinajstić information content (AvgIpc) is 2.11. The lowest BCUT2D eigenvalue weighted by Crippen LogP contribution is -1.98. The molecule has 0 saturated carbocycles. The molecule has 0 aromatic carbocycles. The van der Waals surface area contributed by atoms with Crippen molar-refractivity contribution in [2.24, 2.45) is 5.92 Å². The predicted octanol–water partition coefficient (Wildman–Crippen LogP) is 3.12. The Hall–Kier alpha value is -0.850. The minimum absolute atomic E-state index is 0.478. The molecular weight excluding hydrogens is 148 g/mol. The van der Waals surface area contributed by atoms with E-state index in [1.807, 2.05) is 26.8 Å². The zero-order chi connectivity index (χ0) is 9.56. The molecule has 68 valence electrons. The molecule has 0 aromatic heterocycles. The van der Waals surface area contributed by atoms with E-state index in [1.165, 1.54) is 5.57 Å². The number of rotatable bonds is 4. The fraction of sp³-hybridized carbons (Fsp3) is 0.545. The highest BCUT2D eigenvalue weighted by molar-refractivity contribution is 5.73. The van der Waals surface area contributed by atoms with E-state index in [0.717, 1.165) is 18.3 Å². The minimum atomic E-state index is 0.478. The van der Waals surface area contributed by atoms with Gasteiger partial charge in [0.1, 0.15) is 6.29 Å². The van der Waals surface area contributed by atoms with Crippen LogP contribution >= 0.6 is 0 Å². The highest BCUT2D eigenvalue weighted by Gasteiger charge is 2.04. The van der Waals surface area contributed by atoms with Gasteiger partial charge < -0.3 is 0 Å². The van der Waals surface area contributed by atoms with Gasteiger partial charge in [0, 0.05) is 0 Å². The minimum Gasteiger partial charge on any atom is -0.298 e. The Labute approximate surface area is 75.2 Å². The van der Waals surface area contributed by atoms with E-state index < -0.39 is 0 Å². The van der Waals surface area contributed by atoms with Crippen LogP contribution in [0.15, 0.2) is 23.3 Å². The molecule has 0 aliphatic carbocycles. The molecule has 0 rings (SSSR count). The summed E-state index contributed by atoms with van der Waals surface area (Å²) >= 11 is 0. The zero-order valence-corrected chi connectivity index (χ0v) is 8.42. The Kier molecular flexibility index (Phi) is 5.35. The molecule has 0 radical (unpaired) electrons. The fourth-order valence-corrected chi connectivity index (χ4v) is 0.999. The Morgan fingerprint density at radius 1 is 1.42 bits per heavy atom. The van der Waals surface area contributed by atoms with Gasteiger partial charge in [-0.05, 0) is 38.7 Å². The van der Waals surface area contributed by atoms with Crippen molar-refractivity contribution in [1.82, 2.24) is 0 Å². The van der Waals surface area contributed by atoms with Gasteiger partial charge >= 0.3 is 0 Å². The van der Waals surface area contributed by atoms with E-state index in [9.17, 15) is 4.79 Å². The molecule has 0 N–H and O–H groups in total. The molecule has 0 fully saturated rings. The maximum absolute atomic E-state index is 10.4. The molecule has 1 unspecified atom stereocenters. The lowest BCUT2D eigenvalue weighted by atomic mass is 9.95. The van der Waals surface area contributed by atoms with Crippen molar-refractivity contribution in [2.45, 2.75) is 34.1 Å². The van der Waals surface area contributed by atoms with Crippen LogP contribution in [0.5, 0.6) is 0 Å². The molecule has 0 aromatic rings. The third kappa shape index (κ3) is 3.51. The van der Waals surface area contributed by atoms with Crippen molar-refractivity contribution < 1.29 is 4.79 Å². The van der Waals surface area contributed by atoms with Gasteiger partial charge in [-0.2, -0.15) is 0 Å². The number of carbonyl (C=O) groups is 1. The van der Waals surface area contributed by atoms with Crippen LogP contribution in [-0.2, 0) is 4.79 Å². The molecular formula is C11H18O. The summed E-state index contributed by atoms with van der Waals surface area (Å²) in [6.07, 6.45) is 6.13. The van der Waals surface area contributed by atoms with Crippen LogP contribution in [0.3, 0.4) is 0 Å². The second-order valence-corrected chi connectivity index (χ2v) is 3.19. The number of carbonyl (C=O) groups excluding carboxylic acids is 1. The summed E-state index contributed by atoms with van der Waals surface area (Å²) in [6.45, 7) is 8.05. The molecule has 0 bridgehead atoms. The van der Waals surface area contributed by atoms with Gasteiger partial charge in [0.2, 0.25) is 0 Å². The molecule has 1 heteroatoms. The van der Waals surface area contributed by atoms with Gasteiger partial charge in [0.15, 0.2) is 0 Å². The first-order valence-electron chi connectivity index (χ1n) is 4.37. The van der Waals surface area contributed by atoms with Crippen LogP contribution in [-0.4, -0.2) is 6.29 Å². The SMILES string of the molecule is C/C=C/CC(C)/C(C)=C(\C)C=O. The molecule has 1 atom stereocenters. The Morgan fingerprint density at radius 2 is 2.00 bits per heavy atom. The van der Waals surface area contributed by atoms with Gasteiger partial charge in [-0.15, -0.1) is 0 Å². The molecule has 12 heavy (non-hydrogen) atoms. The first-order valence-corrected chi connectivity index (χ1v) is 4.37. The Balaban J connectivity index is 4.27. The molecule has 0 aliphatic rings. The largest absolute Gasteiger partial charge is 0.298 e. The summed E-state index contributed by atoms with van der Waals surface area (Å²) < 4.78 is 0. The van der Waals surface area contributed by atoms with Crippen LogP contribution in [0, 0.1) is 5.92 Å². The summed E-state index contributed by atoms with van der Waals surface area (Å²) in [5, 5.41) is 0. The molecule has 0 aliphatic heterocycles. The van der Waals surface area contributed by atoms with Crippen molar-refractivity contribution >= 4 is 6.29 Å². The highest BCUT2D eigenvalue weighted by atomic mass is 16.1. The number of allylic oxidation sites excluding steroid dienone is 4. The maximum Gasteiger partial charge on any atom is 0.145 e. The lowest BCUT2D eigenvalue weighted by molar-refractivity contribution is -0.104. The Bertz CT molecular complexity index is 199. The second-order valence-electron chi connectivity index (χ2n) is 3.19. The summed E-state index contributed by atoms with van der Waals surface area (Å²) in [6, 6.07) is 0. The van der Waals surface area contributed by atoms with Crippen LogP contribution in [0.2, 0.25) is 0 Å². The van der Waals surface area contributed by atoms with E-state index >= 15 is 0 Å². The first kappa shape index (κ1) is 11.2. The third-order valence-electron chi connectivity index (χ3n) is 2.26. The van der Waals surface area contributed by atoms with Crippen molar-refractivity contribution in [2.75, 3.05) is 0 Å². The van der Waals surface area contributed by atoms with Gasteiger partial charge in [-0.1, -0.05) is 24.6 Å².